The van der Waals surface area contributed by atoms with Crippen LogP contribution in [0.1, 0.15) is 143 Å². The van der Waals surface area contributed by atoms with E-state index in [1.54, 1.807) is 36.5 Å². The molecule has 4 atom stereocenters. The highest BCUT2D eigenvalue weighted by Gasteiger charge is 2.21. The lowest BCUT2D eigenvalue weighted by atomic mass is 9.96. The SMILES string of the molecule is [2H]C([2H])([2H])C([2H])(C)Cc1cc(-c2cc[n+](C)c(-c3ccccc3C)c2)ccc1F.[2H]C([2H])([2H])C([2H])(C)Cc1ccc(-c2cc[n+](C)c(-c3ccccc3C)c2)cc1.[2H]C([2H])([2H])C([2H])(C)Cc1cccc(-c2cc[n+](C)c(-c3ccccc3C)c2)c1.[2H]C([2H])([2H])C([2H])(C)c1ccc(-c2cc[n+](C)c(-c3ccccc3C)c2)cc1.[2H]C([2H])([2H])c1ccc(-c2ccc(-c3ccccc3)cc2C)[n+](C)c1. The van der Waals surface area contributed by atoms with Crippen molar-refractivity contribution in [3.05, 3.63) is 390 Å². The van der Waals surface area contributed by atoms with E-state index in [2.05, 4.69) is 164 Å². The molecule has 0 radical (unpaired) electrons. The molecule has 0 aliphatic rings. The third-order valence-electron chi connectivity index (χ3n) is 21.0. The van der Waals surface area contributed by atoms with Crippen molar-refractivity contribution in [2.75, 3.05) is 0 Å². The van der Waals surface area contributed by atoms with E-state index in [-0.39, 0.29) is 24.8 Å². The lowest BCUT2D eigenvalue weighted by Gasteiger charge is -2.10. The van der Waals surface area contributed by atoms with Crippen LogP contribution < -0.4 is 22.8 Å². The Bertz CT molecular complexity index is 6690. The summed E-state index contributed by atoms with van der Waals surface area (Å²) in [4.78, 5) is 0. The molecule has 5 heterocycles. The average molecular weight is 1560 g/mol. The zero-order valence-electron chi connectivity index (χ0n) is 88.9. The van der Waals surface area contributed by atoms with E-state index >= 15 is 0 Å². The van der Waals surface area contributed by atoms with Gasteiger partial charge in [0.05, 0.1) is 0 Å². The van der Waals surface area contributed by atoms with Crippen molar-refractivity contribution in [3.8, 4) is 112 Å². The van der Waals surface area contributed by atoms with Crippen molar-refractivity contribution in [2.24, 2.45) is 52.9 Å². The molecule has 10 aromatic carbocycles. The van der Waals surface area contributed by atoms with Crippen molar-refractivity contribution in [1.82, 2.24) is 0 Å². The predicted octanol–water partition coefficient (Wildman–Crippen LogP) is 25.9. The Balaban J connectivity index is 0.000000163. The number of aromatic nitrogens is 5. The molecule has 0 saturated carbocycles. The van der Waals surface area contributed by atoms with Gasteiger partial charge in [0.15, 0.2) is 31.0 Å². The van der Waals surface area contributed by atoms with Crippen molar-refractivity contribution >= 4 is 0 Å². The number of hydrogen-bond acceptors (Lipinski definition) is 0. The molecule has 0 fully saturated rings. The van der Waals surface area contributed by atoms with Gasteiger partial charge in [-0.3, -0.25) is 0 Å². The Kier molecular flexibility index (Phi) is 21.8. The van der Waals surface area contributed by atoms with E-state index < -0.39 is 63.7 Å². The van der Waals surface area contributed by atoms with Gasteiger partial charge in [0.1, 0.15) is 41.1 Å². The molecular weight excluding hydrogens is 1420 g/mol. The maximum absolute atomic E-state index is 14.4. The molecule has 0 spiro atoms. The summed E-state index contributed by atoms with van der Waals surface area (Å²) in [6.07, 6.45) is 9.96. The van der Waals surface area contributed by atoms with E-state index in [0.717, 1.165) is 106 Å². The first-order valence-electron chi connectivity index (χ1n) is 49.1. The normalized spacial score (nSPS) is 15.9. The summed E-state index contributed by atoms with van der Waals surface area (Å²) in [5.41, 5.74) is 30.3. The molecule has 5 aromatic heterocycles. The van der Waals surface area contributed by atoms with Crippen molar-refractivity contribution < 1.29 is 53.3 Å². The first-order valence-corrected chi connectivity index (χ1v) is 39.6. The summed E-state index contributed by atoms with van der Waals surface area (Å²) in [5, 5.41) is 0. The third kappa shape index (κ3) is 22.9. The minimum atomic E-state index is -2.49. The smallest absolute Gasteiger partial charge is 0.207 e. The van der Waals surface area contributed by atoms with E-state index in [1.807, 2.05) is 215 Å². The lowest BCUT2D eigenvalue weighted by Crippen LogP contribution is -2.31. The number of rotatable bonds is 17. The summed E-state index contributed by atoms with van der Waals surface area (Å²) in [6.45, 7) is 4.60. The fourth-order valence-electron chi connectivity index (χ4n) is 14.5. The van der Waals surface area contributed by atoms with Crippen LogP contribution in [0.2, 0.25) is 0 Å². The maximum atomic E-state index is 14.4. The van der Waals surface area contributed by atoms with E-state index in [9.17, 15) is 4.39 Å². The molecule has 0 N–H and O–H groups in total. The molecule has 592 valence electrons. The van der Waals surface area contributed by atoms with Gasteiger partial charge < -0.3 is 0 Å². The molecule has 0 saturated heterocycles. The number of halogens is 1. The quantitative estimate of drug-likeness (QED) is 0.0810. The number of hydrogen-bond donors (Lipinski definition) is 0. The Morgan fingerprint density at radius 2 is 0.658 bits per heavy atom. The van der Waals surface area contributed by atoms with E-state index in [0.29, 0.717) is 11.1 Å². The number of aryl methyl sites for hydroxylation is 11. The fourth-order valence-corrected chi connectivity index (χ4v) is 14.5. The van der Waals surface area contributed by atoms with E-state index in [1.165, 1.54) is 78.3 Å². The summed E-state index contributed by atoms with van der Waals surface area (Å²) in [5.74, 6) is -6.88. The summed E-state index contributed by atoms with van der Waals surface area (Å²) in [6, 6.07) is 97.5. The van der Waals surface area contributed by atoms with Crippen molar-refractivity contribution in [2.45, 2.75) is 122 Å². The second kappa shape index (κ2) is 40.4. The zero-order valence-corrected chi connectivity index (χ0v) is 69.9. The number of pyridine rings is 5. The summed E-state index contributed by atoms with van der Waals surface area (Å²) >= 11 is 0. The molecule has 15 rings (SSSR count). The molecule has 117 heavy (non-hydrogen) atoms. The summed E-state index contributed by atoms with van der Waals surface area (Å²) in [7, 11) is 9.96. The molecule has 5 nitrogen and oxygen atoms in total. The highest BCUT2D eigenvalue weighted by molar-refractivity contribution is 5.76. The molecular formula is C111H121FN5+5. The van der Waals surface area contributed by atoms with E-state index in [4.69, 9.17) is 26.0 Å². The molecule has 0 bridgehead atoms. The van der Waals surface area contributed by atoms with Crippen molar-refractivity contribution in [3.63, 3.8) is 0 Å². The molecule has 15 aromatic rings. The van der Waals surface area contributed by atoms with Gasteiger partial charge in [0.2, 0.25) is 28.5 Å². The Morgan fingerprint density at radius 3 is 1.09 bits per heavy atom. The van der Waals surface area contributed by atoms with Gasteiger partial charge in [0.25, 0.3) is 0 Å². The van der Waals surface area contributed by atoms with Gasteiger partial charge in [-0.25, -0.2) is 27.2 Å². The maximum Gasteiger partial charge on any atom is 0.213 e. The van der Waals surface area contributed by atoms with Crippen LogP contribution in [0.3, 0.4) is 0 Å². The standard InChI is InChI=1S/C23H25FN.2C23H26N.C22H24N.C20H20N/c1-16(2)13-20-14-18(9-10-22(20)24)19-11-12-25(4)23(15-19)21-8-6-5-7-17(21)3;1-17(2)14-19-9-7-10-20(15-19)21-12-13-24(4)23(16-21)22-11-6-5-8-18(22)3;1-17(2)15-19-9-11-20(12-10-19)21-13-14-24(4)23(16-21)22-8-6-5-7-18(22)3;1-16(2)18-9-11-19(12-10-18)20-13-14-23(4)22(15-20)21-8-6-5-7-17(21)3;1-15-9-12-20(21(3)14-15)19-11-10-18(13-16(19)2)17-7-5-4-6-8-17/h5-12,14-16H,13H2,1-4H3;5-13,15-17H,14H2,1-4H3;5-14,16-17H,15H2,1-4H3;5-16H,1-4H3;4-14H,1-3H3/q5*+1/i1D3,16D;2*1D3,17D;1D3,16D;1D3. The topological polar surface area (TPSA) is 19.4 Å². The van der Waals surface area contributed by atoms with Crippen LogP contribution in [-0.2, 0) is 54.5 Å². The first-order chi connectivity index (χ1) is 63.6. The molecule has 6 heteroatoms. The minimum Gasteiger partial charge on any atom is -0.207 e. The van der Waals surface area contributed by atoms with Gasteiger partial charge in [0, 0.05) is 114 Å². The van der Waals surface area contributed by atoms with Crippen LogP contribution in [0.15, 0.2) is 328 Å². The second-order valence-corrected chi connectivity index (χ2v) is 30.5. The Hall–Kier alpha value is -12.1. The predicted molar refractivity (Wildman–Crippen MR) is 491 cm³/mol. The number of benzene rings is 10. The van der Waals surface area contributed by atoms with Crippen LogP contribution in [0.4, 0.5) is 4.39 Å². The third-order valence-corrected chi connectivity index (χ3v) is 21.0. The van der Waals surface area contributed by atoms with Crippen LogP contribution in [0.5, 0.6) is 0 Å². The Labute approximate surface area is 726 Å². The molecule has 0 aliphatic heterocycles. The highest BCUT2D eigenvalue weighted by Crippen LogP contribution is 2.34. The lowest BCUT2D eigenvalue weighted by molar-refractivity contribution is -0.660. The monoisotopic (exact) mass is 1560 g/mol. The average Bonchev–Trinajstić information content (AvgIpc) is 0.775. The zero-order chi connectivity index (χ0) is 99.6. The van der Waals surface area contributed by atoms with Crippen LogP contribution in [0, 0.1) is 65.0 Å². The summed E-state index contributed by atoms with van der Waals surface area (Å²) < 4.78 is 171. The molecule has 4 unspecified atom stereocenters. The fraction of sp³-hybridized carbons (Fsp3) is 0.234. The molecule has 0 aliphatic carbocycles. The van der Waals surface area contributed by atoms with Crippen molar-refractivity contribution in [1.29, 1.82) is 0 Å². The van der Waals surface area contributed by atoms with Gasteiger partial charge in [-0.2, -0.15) is 0 Å². The minimum absolute atomic E-state index is 0.183. The second-order valence-electron chi connectivity index (χ2n) is 30.5. The largest absolute Gasteiger partial charge is 0.213 e. The highest BCUT2D eigenvalue weighted by atomic mass is 19.1. The van der Waals surface area contributed by atoms with Gasteiger partial charge >= 0.3 is 0 Å². The van der Waals surface area contributed by atoms with Gasteiger partial charge in [-0.1, -0.05) is 249 Å². The van der Waals surface area contributed by atoms with Crippen LogP contribution >= 0.6 is 0 Å². The first kappa shape index (κ1) is 63.1. The van der Waals surface area contributed by atoms with Crippen LogP contribution in [-0.4, -0.2) is 0 Å². The van der Waals surface area contributed by atoms with Crippen LogP contribution in [0.25, 0.3) is 112 Å². The van der Waals surface area contributed by atoms with Gasteiger partial charge in [-0.05, 0) is 239 Å². The molecule has 0 amide bonds. The Morgan fingerprint density at radius 1 is 0.291 bits per heavy atom. The number of nitrogens with zero attached hydrogens (tertiary/aromatic N) is 5. The van der Waals surface area contributed by atoms with Gasteiger partial charge in [-0.15, -0.1) is 0 Å².